The predicted octanol–water partition coefficient (Wildman–Crippen LogP) is 5.01. The lowest BCUT2D eigenvalue weighted by atomic mass is 9.85. The number of ether oxygens (including phenoxy) is 1. The molecule has 0 aromatic heterocycles. The van der Waals surface area contributed by atoms with Crippen LogP contribution in [0, 0.1) is 28.9 Å². The molecule has 7 heteroatoms. The number of nitrogens with zero attached hydrogens (tertiary/aromatic N) is 2. The molecule has 29 heavy (non-hydrogen) atoms. The van der Waals surface area contributed by atoms with E-state index < -0.39 is 11.0 Å². The van der Waals surface area contributed by atoms with Crippen molar-refractivity contribution in [2.75, 3.05) is 0 Å². The fourth-order valence-corrected chi connectivity index (χ4v) is 4.55. The van der Waals surface area contributed by atoms with Crippen LogP contribution in [0.2, 0.25) is 0 Å². The van der Waals surface area contributed by atoms with E-state index in [4.69, 9.17) is 4.74 Å². The second-order valence-corrected chi connectivity index (χ2v) is 8.88. The molecule has 1 aromatic rings. The minimum absolute atomic E-state index is 0.0119. The first-order valence-corrected chi connectivity index (χ1v) is 10.4. The van der Waals surface area contributed by atoms with Gasteiger partial charge in [0, 0.05) is 12.1 Å². The molecule has 156 valence electrons. The van der Waals surface area contributed by atoms with Gasteiger partial charge in [-0.05, 0) is 87.5 Å². The van der Waals surface area contributed by atoms with Crippen molar-refractivity contribution >= 4 is 17.4 Å². The smallest absolute Gasteiger partial charge is 0.408 e. The van der Waals surface area contributed by atoms with E-state index in [-0.39, 0.29) is 29.6 Å². The molecule has 0 bridgehead atoms. The van der Waals surface area contributed by atoms with Crippen LogP contribution in [0.3, 0.4) is 0 Å². The zero-order valence-electron chi connectivity index (χ0n) is 17.1. The van der Waals surface area contributed by atoms with Gasteiger partial charge in [0.2, 0.25) is 0 Å². The van der Waals surface area contributed by atoms with Gasteiger partial charge < -0.3 is 9.84 Å². The van der Waals surface area contributed by atoms with Gasteiger partial charge in [-0.25, -0.2) is 4.79 Å². The van der Waals surface area contributed by atoms with Crippen molar-refractivity contribution in [3.8, 4) is 5.75 Å². The van der Waals surface area contributed by atoms with Crippen molar-refractivity contribution in [3.63, 3.8) is 0 Å². The molecule has 2 saturated carbocycles. The Labute approximate surface area is 170 Å². The zero-order valence-corrected chi connectivity index (χ0v) is 17.1. The number of rotatable bonds is 6. The summed E-state index contributed by atoms with van der Waals surface area (Å²) in [5, 5.41) is 21.4. The molecule has 0 radical (unpaired) electrons. The summed E-state index contributed by atoms with van der Waals surface area (Å²) in [6, 6.07) is 3.24. The van der Waals surface area contributed by atoms with Crippen molar-refractivity contribution in [2.45, 2.75) is 71.1 Å². The molecule has 3 aliphatic rings. The van der Waals surface area contributed by atoms with Crippen molar-refractivity contribution in [3.05, 3.63) is 39.4 Å². The predicted molar refractivity (Wildman–Crippen MR) is 109 cm³/mol. The van der Waals surface area contributed by atoms with E-state index in [1.54, 1.807) is 17.0 Å². The Morgan fingerprint density at radius 2 is 1.90 bits per heavy atom. The summed E-state index contributed by atoms with van der Waals surface area (Å²) in [5.41, 5.74) is 2.83. The molecular formula is C22H28N2O5. The van der Waals surface area contributed by atoms with Gasteiger partial charge in [0.1, 0.15) is 0 Å². The summed E-state index contributed by atoms with van der Waals surface area (Å²) in [6.07, 6.45) is 5.98. The highest BCUT2D eigenvalue weighted by Gasteiger charge is 2.47. The maximum absolute atomic E-state index is 12.0. The van der Waals surface area contributed by atoms with Gasteiger partial charge in [0.25, 0.3) is 0 Å². The van der Waals surface area contributed by atoms with Crippen LogP contribution < -0.4 is 4.74 Å². The molecule has 2 fully saturated rings. The molecule has 0 unspecified atom stereocenters. The van der Waals surface area contributed by atoms with Crippen LogP contribution in [0.1, 0.15) is 57.1 Å². The first-order valence-electron chi connectivity index (χ1n) is 10.4. The number of benzene rings is 1. The van der Waals surface area contributed by atoms with E-state index in [2.05, 4.69) is 6.08 Å². The molecule has 1 aliphatic heterocycles. The monoisotopic (exact) mass is 400 g/mol. The highest BCUT2D eigenvalue weighted by atomic mass is 16.6. The first-order chi connectivity index (χ1) is 13.8. The molecular weight excluding hydrogens is 372 g/mol. The topological polar surface area (TPSA) is 92.9 Å². The Morgan fingerprint density at radius 1 is 1.24 bits per heavy atom. The number of nitro groups is 1. The molecule has 0 spiro atoms. The van der Waals surface area contributed by atoms with Crippen molar-refractivity contribution in [2.24, 2.45) is 11.8 Å². The summed E-state index contributed by atoms with van der Waals surface area (Å²) in [5.74, 6) is 1.08. The van der Waals surface area contributed by atoms with E-state index in [1.807, 2.05) is 20.8 Å². The molecule has 1 amide bonds. The number of hydrogen-bond acceptors (Lipinski definition) is 4. The average molecular weight is 400 g/mol. The normalized spacial score (nSPS) is 24.4. The fourth-order valence-electron chi connectivity index (χ4n) is 4.55. The molecule has 2 aliphatic carbocycles. The van der Waals surface area contributed by atoms with Crippen LogP contribution in [-0.2, 0) is 0 Å². The van der Waals surface area contributed by atoms with Crippen LogP contribution in [-0.4, -0.2) is 39.2 Å². The van der Waals surface area contributed by atoms with Gasteiger partial charge in [-0.1, -0.05) is 6.08 Å². The molecule has 4 rings (SSSR count). The van der Waals surface area contributed by atoms with E-state index in [9.17, 15) is 20.0 Å². The van der Waals surface area contributed by atoms with Gasteiger partial charge in [0.15, 0.2) is 5.75 Å². The van der Waals surface area contributed by atoms with Crippen LogP contribution in [0.5, 0.6) is 5.75 Å². The number of carbonyl (C=O) groups is 1. The SMILES string of the molecule is Cc1cc([N+](=O)[O-])c(OC(C)C)cc1C1=C[C@@H](C2CC2)N(C(=O)O)[C@@H](C2CC2)C1. The van der Waals surface area contributed by atoms with Gasteiger partial charge in [-0.2, -0.15) is 0 Å². The van der Waals surface area contributed by atoms with E-state index in [0.29, 0.717) is 18.3 Å². The van der Waals surface area contributed by atoms with Crippen molar-refractivity contribution in [1.29, 1.82) is 0 Å². The Kier molecular flexibility index (Phi) is 5.00. The molecule has 0 saturated heterocycles. The highest BCUT2D eigenvalue weighted by Crippen LogP contribution is 2.48. The van der Waals surface area contributed by atoms with Gasteiger partial charge >= 0.3 is 11.8 Å². The summed E-state index contributed by atoms with van der Waals surface area (Å²) < 4.78 is 5.75. The minimum Gasteiger partial charge on any atom is -0.484 e. The third-order valence-corrected chi connectivity index (χ3v) is 6.18. The second-order valence-electron chi connectivity index (χ2n) is 8.88. The molecule has 1 heterocycles. The molecule has 7 nitrogen and oxygen atoms in total. The third kappa shape index (κ3) is 3.95. The maximum atomic E-state index is 12.0. The van der Waals surface area contributed by atoms with Crippen molar-refractivity contribution in [1.82, 2.24) is 4.90 Å². The Morgan fingerprint density at radius 3 is 2.41 bits per heavy atom. The van der Waals surface area contributed by atoms with Crippen molar-refractivity contribution < 1.29 is 19.6 Å². The quantitative estimate of drug-likeness (QED) is 0.535. The Balaban J connectivity index is 1.77. The van der Waals surface area contributed by atoms with Crippen LogP contribution >= 0.6 is 0 Å². The number of carboxylic acid groups (broad SMARTS) is 1. The number of amides is 1. The highest BCUT2D eigenvalue weighted by molar-refractivity contribution is 5.76. The maximum Gasteiger partial charge on any atom is 0.408 e. The van der Waals surface area contributed by atoms with Crippen LogP contribution in [0.4, 0.5) is 10.5 Å². The Bertz CT molecular complexity index is 870. The lowest BCUT2D eigenvalue weighted by Crippen LogP contribution is -2.50. The summed E-state index contributed by atoms with van der Waals surface area (Å²) in [4.78, 5) is 24.8. The van der Waals surface area contributed by atoms with E-state index in [1.165, 1.54) is 0 Å². The van der Waals surface area contributed by atoms with E-state index >= 15 is 0 Å². The largest absolute Gasteiger partial charge is 0.484 e. The summed E-state index contributed by atoms with van der Waals surface area (Å²) >= 11 is 0. The Hall–Kier alpha value is -2.57. The second kappa shape index (κ2) is 7.35. The fraction of sp³-hybridized carbons (Fsp3) is 0.591. The lowest BCUT2D eigenvalue weighted by Gasteiger charge is -2.40. The van der Waals surface area contributed by atoms with Gasteiger partial charge in [-0.3, -0.25) is 15.0 Å². The molecule has 2 atom stereocenters. The number of aryl methyl sites for hydroxylation is 1. The summed E-state index contributed by atoms with van der Waals surface area (Å²) in [6.45, 7) is 5.57. The summed E-state index contributed by atoms with van der Waals surface area (Å²) in [7, 11) is 0. The standard InChI is InChI=1S/C22H28N2O5/c1-12(2)29-21-11-17(13(3)8-20(21)24(27)28)16-9-18(14-4-5-14)23(22(25)26)19(10-16)15-6-7-15/h8-9,11-12,14-15,18-19H,4-7,10H2,1-3H3,(H,25,26)/t18-,19+/m0/s1. The van der Waals surface area contributed by atoms with E-state index in [0.717, 1.165) is 42.4 Å². The first kappa shape index (κ1) is 19.7. The molecule has 1 aromatic carbocycles. The number of nitro benzene ring substituents is 1. The van der Waals surface area contributed by atoms with Crippen LogP contribution in [0.25, 0.3) is 5.57 Å². The lowest BCUT2D eigenvalue weighted by molar-refractivity contribution is -0.386. The third-order valence-electron chi connectivity index (χ3n) is 6.18. The minimum atomic E-state index is -0.835. The van der Waals surface area contributed by atoms with Gasteiger partial charge in [-0.15, -0.1) is 0 Å². The van der Waals surface area contributed by atoms with Crippen LogP contribution in [0.15, 0.2) is 18.2 Å². The molecule has 1 N–H and O–H groups in total. The zero-order chi connectivity index (χ0) is 20.9. The van der Waals surface area contributed by atoms with Gasteiger partial charge in [0.05, 0.1) is 17.1 Å². The average Bonchev–Trinajstić information content (AvgIpc) is 3.54. The number of hydrogen-bond donors (Lipinski definition) is 1.